The van der Waals surface area contributed by atoms with Gasteiger partial charge in [-0.2, -0.15) is 4.39 Å². The van der Waals surface area contributed by atoms with Crippen LogP contribution < -0.4 is 5.32 Å². The third-order valence-corrected chi connectivity index (χ3v) is 2.89. The van der Waals surface area contributed by atoms with Crippen LogP contribution in [0.5, 0.6) is 0 Å². The Morgan fingerprint density at radius 2 is 1.90 bits per heavy atom. The SMILES string of the molecule is O=C(O)Cc1ccccc1CNC(=O)c1ccnc(F)c1. The van der Waals surface area contributed by atoms with Gasteiger partial charge in [0.05, 0.1) is 6.42 Å². The van der Waals surface area contributed by atoms with Crippen molar-refractivity contribution in [3.8, 4) is 0 Å². The summed E-state index contributed by atoms with van der Waals surface area (Å²) < 4.78 is 12.9. The van der Waals surface area contributed by atoms with Crippen molar-refractivity contribution in [1.82, 2.24) is 10.3 Å². The first-order valence-corrected chi connectivity index (χ1v) is 6.24. The Balaban J connectivity index is 2.06. The average molecular weight is 288 g/mol. The van der Waals surface area contributed by atoms with Gasteiger partial charge in [-0.25, -0.2) is 4.98 Å². The van der Waals surface area contributed by atoms with Gasteiger partial charge in [0.25, 0.3) is 5.91 Å². The fraction of sp³-hybridized carbons (Fsp3) is 0.133. The molecule has 2 rings (SSSR count). The molecule has 0 bridgehead atoms. The molecule has 0 aliphatic heterocycles. The molecule has 2 aromatic rings. The standard InChI is InChI=1S/C15H13FN2O3/c16-13-7-11(5-6-17-13)15(21)18-9-12-4-2-1-3-10(12)8-14(19)20/h1-7H,8-9H2,(H,18,21)(H,19,20). The number of benzene rings is 1. The maximum absolute atomic E-state index is 12.9. The van der Waals surface area contributed by atoms with Gasteiger partial charge >= 0.3 is 5.97 Å². The Labute approximate surface area is 120 Å². The summed E-state index contributed by atoms with van der Waals surface area (Å²) in [6.07, 6.45) is 1.10. The van der Waals surface area contributed by atoms with E-state index in [4.69, 9.17) is 5.11 Å². The Morgan fingerprint density at radius 1 is 1.19 bits per heavy atom. The van der Waals surface area contributed by atoms with E-state index in [0.29, 0.717) is 11.1 Å². The van der Waals surface area contributed by atoms with Crippen molar-refractivity contribution in [2.24, 2.45) is 0 Å². The van der Waals surface area contributed by atoms with E-state index in [2.05, 4.69) is 10.3 Å². The van der Waals surface area contributed by atoms with Crippen molar-refractivity contribution in [3.05, 3.63) is 65.2 Å². The molecule has 1 amide bonds. The third-order valence-electron chi connectivity index (χ3n) is 2.89. The topological polar surface area (TPSA) is 79.3 Å². The Kier molecular flexibility index (Phi) is 4.61. The highest BCUT2D eigenvalue weighted by atomic mass is 19.1. The lowest BCUT2D eigenvalue weighted by molar-refractivity contribution is -0.136. The van der Waals surface area contributed by atoms with Crippen molar-refractivity contribution in [2.45, 2.75) is 13.0 Å². The summed E-state index contributed by atoms with van der Waals surface area (Å²) in [6.45, 7) is 0.173. The number of hydrogen-bond acceptors (Lipinski definition) is 3. The number of carbonyl (C=O) groups excluding carboxylic acids is 1. The Hall–Kier alpha value is -2.76. The van der Waals surface area contributed by atoms with Gasteiger partial charge in [0.15, 0.2) is 0 Å². The van der Waals surface area contributed by atoms with Crippen LogP contribution in [0.2, 0.25) is 0 Å². The number of halogens is 1. The lowest BCUT2D eigenvalue weighted by atomic mass is 10.0. The molecule has 0 unspecified atom stereocenters. The van der Waals surface area contributed by atoms with E-state index in [0.717, 1.165) is 6.07 Å². The van der Waals surface area contributed by atoms with Crippen molar-refractivity contribution in [1.29, 1.82) is 0 Å². The summed E-state index contributed by atoms with van der Waals surface area (Å²) in [7, 11) is 0. The number of carbonyl (C=O) groups is 2. The summed E-state index contributed by atoms with van der Waals surface area (Å²) in [5, 5.41) is 11.5. The molecule has 0 atom stereocenters. The van der Waals surface area contributed by atoms with Crippen molar-refractivity contribution in [3.63, 3.8) is 0 Å². The van der Waals surface area contributed by atoms with Gasteiger partial charge in [-0.1, -0.05) is 24.3 Å². The number of aliphatic carboxylic acids is 1. The summed E-state index contributed by atoms with van der Waals surface area (Å²) in [5.41, 5.74) is 1.51. The zero-order chi connectivity index (χ0) is 15.2. The molecule has 5 nitrogen and oxygen atoms in total. The van der Waals surface area contributed by atoms with Crippen LogP contribution in [-0.4, -0.2) is 22.0 Å². The maximum Gasteiger partial charge on any atom is 0.307 e. The monoisotopic (exact) mass is 288 g/mol. The maximum atomic E-state index is 12.9. The van der Waals surface area contributed by atoms with Crippen LogP contribution in [-0.2, 0) is 17.8 Å². The van der Waals surface area contributed by atoms with Crippen LogP contribution in [0.3, 0.4) is 0 Å². The number of nitrogens with zero attached hydrogens (tertiary/aromatic N) is 1. The quantitative estimate of drug-likeness (QED) is 0.822. The number of carboxylic acid groups (broad SMARTS) is 1. The first-order valence-electron chi connectivity index (χ1n) is 6.24. The Bertz CT molecular complexity index is 673. The molecule has 108 valence electrons. The largest absolute Gasteiger partial charge is 0.481 e. The van der Waals surface area contributed by atoms with Crippen LogP contribution >= 0.6 is 0 Å². The van der Waals surface area contributed by atoms with Gasteiger partial charge < -0.3 is 10.4 Å². The number of carboxylic acids is 1. The highest BCUT2D eigenvalue weighted by Crippen LogP contribution is 2.10. The number of aromatic nitrogens is 1. The van der Waals surface area contributed by atoms with Crippen LogP contribution in [0.25, 0.3) is 0 Å². The second-order valence-corrected chi connectivity index (χ2v) is 4.39. The first-order chi connectivity index (χ1) is 10.1. The van der Waals surface area contributed by atoms with Crippen LogP contribution in [0, 0.1) is 5.95 Å². The molecule has 0 spiro atoms. The van der Waals surface area contributed by atoms with E-state index in [-0.39, 0.29) is 18.5 Å². The molecule has 6 heteroatoms. The zero-order valence-corrected chi connectivity index (χ0v) is 11.0. The number of rotatable bonds is 5. The van der Waals surface area contributed by atoms with E-state index in [1.165, 1.54) is 12.3 Å². The second-order valence-electron chi connectivity index (χ2n) is 4.39. The third kappa shape index (κ3) is 4.10. The minimum absolute atomic E-state index is 0.115. The van der Waals surface area contributed by atoms with Gasteiger partial charge in [0.2, 0.25) is 5.95 Å². The van der Waals surface area contributed by atoms with Crippen LogP contribution in [0.1, 0.15) is 21.5 Å². The molecule has 0 saturated carbocycles. The van der Waals surface area contributed by atoms with Crippen LogP contribution in [0.4, 0.5) is 4.39 Å². The average Bonchev–Trinajstić information content (AvgIpc) is 2.45. The van der Waals surface area contributed by atoms with E-state index >= 15 is 0 Å². The van der Waals surface area contributed by atoms with Gasteiger partial charge in [0.1, 0.15) is 0 Å². The van der Waals surface area contributed by atoms with Gasteiger partial charge in [-0.3, -0.25) is 9.59 Å². The zero-order valence-electron chi connectivity index (χ0n) is 11.0. The predicted octanol–water partition coefficient (Wildman–Crippen LogP) is 1.78. The minimum atomic E-state index is -0.940. The number of hydrogen-bond donors (Lipinski definition) is 2. The fourth-order valence-electron chi connectivity index (χ4n) is 1.89. The molecule has 0 aliphatic carbocycles. The van der Waals surface area contributed by atoms with E-state index in [1.54, 1.807) is 24.3 Å². The molecule has 0 fully saturated rings. The minimum Gasteiger partial charge on any atom is -0.481 e. The number of pyridine rings is 1. The molecule has 21 heavy (non-hydrogen) atoms. The van der Waals surface area contributed by atoms with Gasteiger partial charge in [0, 0.05) is 24.4 Å². The normalized spacial score (nSPS) is 10.1. The smallest absolute Gasteiger partial charge is 0.307 e. The summed E-state index contributed by atoms with van der Waals surface area (Å²) in [5.74, 6) is -2.11. The van der Waals surface area contributed by atoms with Crippen molar-refractivity contribution in [2.75, 3.05) is 0 Å². The molecule has 1 heterocycles. The van der Waals surface area contributed by atoms with Crippen molar-refractivity contribution < 1.29 is 19.1 Å². The van der Waals surface area contributed by atoms with E-state index < -0.39 is 17.8 Å². The summed E-state index contributed by atoms with van der Waals surface area (Å²) in [6, 6.07) is 9.38. The molecule has 0 radical (unpaired) electrons. The number of nitrogens with one attached hydrogen (secondary N) is 1. The molecular weight excluding hydrogens is 275 g/mol. The lowest BCUT2D eigenvalue weighted by Gasteiger charge is -2.09. The molecule has 1 aromatic carbocycles. The van der Waals surface area contributed by atoms with Gasteiger partial charge in [-0.15, -0.1) is 0 Å². The van der Waals surface area contributed by atoms with Gasteiger partial charge in [-0.05, 0) is 17.2 Å². The van der Waals surface area contributed by atoms with E-state index in [9.17, 15) is 14.0 Å². The fourth-order valence-corrected chi connectivity index (χ4v) is 1.89. The lowest BCUT2D eigenvalue weighted by Crippen LogP contribution is -2.23. The predicted molar refractivity (Wildman–Crippen MR) is 73.1 cm³/mol. The highest BCUT2D eigenvalue weighted by molar-refractivity contribution is 5.94. The molecule has 0 aliphatic rings. The number of amides is 1. The Morgan fingerprint density at radius 3 is 2.57 bits per heavy atom. The van der Waals surface area contributed by atoms with Crippen molar-refractivity contribution >= 4 is 11.9 Å². The molecular formula is C15H13FN2O3. The molecule has 0 saturated heterocycles. The van der Waals surface area contributed by atoms with E-state index in [1.807, 2.05) is 0 Å². The highest BCUT2D eigenvalue weighted by Gasteiger charge is 2.09. The first kappa shape index (κ1) is 14.6. The molecule has 1 aromatic heterocycles. The second kappa shape index (κ2) is 6.60. The molecule has 2 N–H and O–H groups in total. The summed E-state index contributed by atoms with van der Waals surface area (Å²) >= 11 is 0. The summed E-state index contributed by atoms with van der Waals surface area (Å²) in [4.78, 5) is 26.0. The van der Waals surface area contributed by atoms with Crippen LogP contribution in [0.15, 0.2) is 42.6 Å².